The monoisotopic (exact) mass is 368 g/mol. The van der Waals surface area contributed by atoms with E-state index in [-0.39, 0.29) is 11.7 Å². The number of ether oxygens (including phenoxy) is 2. The van der Waals surface area contributed by atoms with E-state index in [2.05, 4.69) is 21.8 Å². The molecule has 0 amide bonds. The Hall–Kier alpha value is -2.05. The van der Waals surface area contributed by atoms with Crippen molar-refractivity contribution in [3.63, 3.8) is 0 Å². The lowest BCUT2D eigenvalue weighted by Crippen LogP contribution is -2.52. The topological polar surface area (TPSA) is 60.4 Å². The summed E-state index contributed by atoms with van der Waals surface area (Å²) in [6.07, 6.45) is 8.72. The van der Waals surface area contributed by atoms with E-state index in [1.54, 1.807) is 6.20 Å². The lowest BCUT2D eigenvalue weighted by atomic mass is 9.79. The largest absolute Gasteiger partial charge is 0.474 e. The Bertz CT molecular complexity index is 757. The van der Waals surface area contributed by atoms with Crippen LogP contribution in [-0.2, 0) is 17.7 Å². The first-order chi connectivity index (χ1) is 13.2. The molecule has 6 heteroatoms. The molecule has 2 aromatic rings. The van der Waals surface area contributed by atoms with Crippen molar-refractivity contribution in [3.8, 4) is 5.88 Å². The Morgan fingerprint density at radius 2 is 2.11 bits per heavy atom. The minimum atomic E-state index is -0.0649. The molecule has 144 valence electrons. The maximum absolute atomic E-state index is 6.17. The zero-order valence-corrected chi connectivity index (χ0v) is 16.2. The average Bonchev–Trinajstić information content (AvgIpc) is 3.07. The second kappa shape index (κ2) is 7.90. The molecular weight excluding hydrogens is 340 g/mol. The van der Waals surface area contributed by atoms with Crippen LogP contribution in [0, 0.1) is 0 Å². The van der Waals surface area contributed by atoms with Crippen LogP contribution in [0.15, 0.2) is 36.7 Å². The number of rotatable bonds is 6. The Balaban J connectivity index is 1.48. The summed E-state index contributed by atoms with van der Waals surface area (Å²) in [4.78, 5) is 15.8. The zero-order valence-electron chi connectivity index (χ0n) is 16.2. The summed E-state index contributed by atoms with van der Waals surface area (Å²) in [5.41, 5.74) is 1.02. The van der Waals surface area contributed by atoms with Crippen molar-refractivity contribution in [3.05, 3.63) is 48.2 Å². The van der Waals surface area contributed by atoms with Crippen molar-refractivity contribution in [2.45, 2.75) is 63.3 Å². The van der Waals surface area contributed by atoms with Crippen molar-refractivity contribution in [2.24, 2.45) is 0 Å². The Kier molecular flexibility index (Phi) is 5.36. The first kappa shape index (κ1) is 18.3. The van der Waals surface area contributed by atoms with Crippen LogP contribution in [0.2, 0.25) is 0 Å². The van der Waals surface area contributed by atoms with Gasteiger partial charge in [-0.1, -0.05) is 13.0 Å². The Labute approximate surface area is 161 Å². The summed E-state index contributed by atoms with van der Waals surface area (Å²) < 4.78 is 12.2. The minimum Gasteiger partial charge on any atom is -0.474 e. The van der Waals surface area contributed by atoms with Gasteiger partial charge in [0.05, 0.1) is 11.3 Å². The van der Waals surface area contributed by atoms with Crippen LogP contribution in [0.5, 0.6) is 5.88 Å². The third-order valence-electron chi connectivity index (χ3n) is 6.02. The molecule has 2 aliphatic rings. The molecule has 3 atom stereocenters. The quantitative estimate of drug-likeness (QED) is 0.781. The third-order valence-corrected chi connectivity index (χ3v) is 6.02. The highest BCUT2D eigenvalue weighted by molar-refractivity contribution is 5.12. The van der Waals surface area contributed by atoms with Gasteiger partial charge in [-0.3, -0.25) is 4.90 Å². The van der Waals surface area contributed by atoms with E-state index in [4.69, 9.17) is 14.5 Å². The number of hydrogen-bond acceptors (Lipinski definition) is 6. The molecule has 2 fully saturated rings. The molecule has 0 N–H and O–H groups in total. The first-order valence-electron chi connectivity index (χ1n) is 9.90. The molecule has 3 heterocycles. The molecule has 1 aliphatic heterocycles. The SMILES string of the molecule is CCc1nccc(CN2CC[C@]3(OC)CC[C@@H](Oc4ccccn4)C[C@H]23)n1. The van der Waals surface area contributed by atoms with Crippen molar-refractivity contribution in [1.82, 2.24) is 19.9 Å². The number of hydrogen-bond donors (Lipinski definition) is 0. The highest BCUT2D eigenvalue weighted by Gasteiger charge is 2.51. The van der Waals surface area contributed by atoms with E-state index in [9.17, 15) is 0 Å². The number of aryl methyl sites for hydroxylation is 1. The molecule has 27 heavy (non-hydrogen) atoms. The van der Waals surface area contributed by atoms with Crippen molar-refractivity contribution in [1.29, 1.82) is 0 Å². The summed E-state index contributed by atoms with van der Waals surface area (Å²) >= 11 is 0. The molecule has 1 aliphatic carbocycles. The second-order valence-electron chi connectivity index (χ2n) is 7.51. The fraction of sp³-hybridized carbons (Fsp3) is 0.571. The van der Waals surface area contributed by atoms with Gasteiger partial charge in [0.15, 0.2) is 0 Å². The van der Waals surface area contributed by atoms with E-state index in [0.29, 0.717) is 11.9 Å². The first-order valence-corrected chi connectivity index (χ1v) is 9.90. The molecule has 6 nitrogen and oxygen atoms in total. The third kappa shape index (κ3) is 3.82. The predicted octanol–water partition coefficient (Wildman–Crippen LogP) is 3.03. The van der Waals surface area contributed by atoms with Crippen molar-refractivity contribution < 1.29 is 9.47 Å². The zero-order chi connectivity index (χ0) is 18.7. The molecule has 1 saturated heterocycles. The second-order valence-corrected chi connectivity index (χ2v) is 7.51. The smallest absolute Gasteiger partial charge is 0.213 e. The maximum Gasteiger partial charge on any atom is 0.213 e. The van der Waals surface area contributed by atoms with Crippen LogP contribution < -0.4 is 4.74 Å². The Morgan fingerprint density at radius 3 is 2.89 bits per heavy atom. The summed E-state index contributed by atoms with van der Waals surface area (Å²) in [5.74, 6) is 1.62. The summed E-state index contributed by atoms with van der Waals surface area (Å²) in [5, 5.41) is 0. The van der Waals surface area contributed by atoms with E-state index >= 15 is 0 Å². The van der Waals surface area contributed by atoms with Crippen LogP contribution >= 0.6 is 0 Å². The number of aromatic nitrogens is 3. The Morgan fingerprint density at radius 1 is 1.19 bits per heavy atom. The number of pyridine rings is 1. The van der Waals surface area contributed by atoms with Crippen LogP contribution in [0.3, 0.4) is 0 Å². The molecule has 1 saturated carbocycles. The van der Waals surface area contributed by atoms with E-state index in [0.717, 1.165) is 56.7 Å². The minimum absolute atomic E-state index is 0.0649. The van der Waals surface area contributed by atoms with Crippen LogP contribution in [0.1, 0.15) is 44.1 Å². The van der Waals surface area contributed by atoms with E-state index in [1.165, 1.54) is 0 Å². The van der Waals surface area contributed by atoms with Crippen LogP contribution in [-0.4, -0.2) is 51.3 Å². The van der Waals surface area contributed by atoms with Gasteiger partial charge in [-0.15, -0.1) is 0 Å². The number of nitrogens with zero attached hydrogens (tertiary/aromatic N) is 4. The van der Waals surface area contributed by atoms with Crippen LogP contribution in [0.4, 0.5) is 0 Å². The molecule has 0 unspecified atom stereocenters. The normalized spacial score (nSPS) is 28.1. The number of fused-ring (bicyclic) bond motifs is 1. The highest BCUT2D eigenvalue weighted by Crippen LogP contribution is 2.43. The van der Waals surface area contributed by atoms with E-state index < -0.39 is 0 Å². The molecule has 4 rings (SSSR count). The lowest BCUT2D eigenvalue weighted by Gasteiger charge is -2.43. The molecule has 0 bridgehead atoms. The number of likely N-dealkylation sites (tertiary alicyclic amines) is 1. The fourth-order valence-electron chi connectivity index (χ4n) is 4.55. The van der Waals surface area contributed by atoms with Gasteiger partial charge < -0.3 is 9.47 Å². The van der Waals surface area contributed by atoms with Crippen molar-refractivity contribution in [2.75, 3.05) is 13.7 Å². The summed E-state index contributed by atoms with van der Waals surface area (Å²) in [6, 6.07) is 8.17. The maximum atomic E-state index is 6.17. The van der Waals surface area contributed by atoms with Gasteiger partial charge >= 0.3 is 0 Å². The molecule has 0 aromatic carbocycles. The molecule has 0 spiro atoms. The average molecular weight is 368 g/mol. The standard InChI is InChI=1S/C21H28N4O2/c1-3-19-22-12-8-16(24-19)15-25-13-10-21(26-2)9-7-17(14-18(21)25)27-20-6-4-5-11-23-20/h4-6,8,11-12,17-18H,3,7,9-10,13-15H2,1-2H3/t17-,18+,21-/m1/s1. The van der Waals surface area contributed by atoms with Gasteiger partial charge in [-0.05, 0) is 31.4 Å². The van der Waals surface area contributed by atoms with Crippen LogP contribution in [0.25, 0.3) is 0 Å². The number of methoxy groups -OCH3 is 1. The molecular formula is C21H28N4O2. The van der Waals surface area contributed by atoms with Gasteiger partial charge in [0, 0.05) is 57.5 Å². The van der Waals surface area contributed by atoms with Gasteiger partial charge in [0.1, 0.15) is 11.9 Å². The fourth-order valence-corrected chi connectivity index (χ4v) is 4.55. The summed E-state index contributed by atoms with van der Waals surface area (Å²) in [7, 11) is 1.86. The predicted molar refractivity (Wildman–Crippen MR) is 102 cm³/mol. The van der Waals surface area contributed by atoms with Crippen molar-refractivity contribution >= 4 is 0 Å². The van der Waals surface area contributed by atoms with Gasteiger partial charge in [-0.25, -0.2) is 15.0 Å². The molecule has 2 aromatic heterocycles. The van der Waals surface area contributed by atoms with Gasteiger partial charge in [0.25, 0.3) is 0 Å². The highest BCUT2D eigenvalue weighted by atomic mass is 16.5. The lowest BCUT2D eigenvalue weighted by molar-refractivity contribution is -0.0844. The molecule has 0 radical (unpaired) electrons. The van der Waals surface area contributed by atoms with Gasteiger partial charge in [0.2, 0.25) is 5.88 Å². The summed E-state index contributed by atoms with van der Waals surface area (Å²) in [6.45, 7) is 3.95. The van der Waals surface area contributed by atoms with E-state index in [1.807, 2.05) is 37.6 Å². The van der Waals surface area contributed by atoms with Gasteiger partial charge in [-0.2, -0.15) is 0 Å².